The van der Waals surface area contributed by atoms with E-state index in [4.69, 9.17) is 5.11 Å². The largest absolute Gasteiger partial charge is 0.384 e. The molecule has 1 amide bonds. The number of nitrogens with one attached hydrogen (secondary N) is 1. The molecular formula is C16H23NO2S. The molecule has 0 bridgehead atoms. The standard InChI is InChI=1S/C16H23NO2S/c1-12(2)6-4-7-13(3)17-16(19)15-14(8-5-10-18)9-11-20-15/h9,11-13,18H,4,6-7,10H2,1-3H3,(H,17,19). The van der Waals surface area contributed by atoms with Crippen molar-refractivity contribution in [3.05, 3.63) is 21.9 Å². The summed E-state index contributed by atoms with van der Waals surface area (Å²) in [4.78, 5) is 12.8. The number of hydrogen-bond donors (Lipinski definition) is 2. The van der Waals surface area contributed by atoms with Crippen LogP contribution in [0.2, 0.25) is 0 Å². The Morgan fingerprint density at radius 1 is 1.40 bits per heavy atom. The Morgan fingerprint density at radius 2 is 2.15 bits per heavy atom. The first-order valence-corrected chi connectivity index (χ1v) is 7.90. The first-order valence-electron chi connectivity index (χ1n) is 7.02. The van der Waals surface area contributed by atoms with Crippen LogP contribution in [0.4, 0.5) is 0 Å². The van der Waals surface area contributed by atoms with Crippen LogP contribution in [0.15, 0.2) is 11.4 Å². The molecule has 0 spiro atoms. The summed E-state index contributed by atoms with van der Waals surface area (Å²) < 4.78 is 0. The van der Waals surface area contributed by atoms with Crippen LogP contribution in [-0.4, -0.2) is 23.7 Å². The lowest BCUT2D eigenvalue weighted by atomic mass is 10.0. The second kappa shape index (κ2) is 8.78. The predicted octanol–water partition coefficient (Wildman–Crippen LogP) is 3.04. The van der Waals surface area contributed by atoms with Crippen molar-refractivity contribution in [3.63, 3.8) is 0 Å². The van der Waals surface area contributed by atoms with Gasteiger partial charge in [-0.05, 0) is 30.7 Å². The van der Waals surface area contributed by atoms with Gasteiger partial charge in [-0.1, -0.05) is 38.5 Å². The van der Waals surface area contributed by atoms with E-state index in [0.29, 0.717) is 16.4 Å². The van der Waals surface area contributed by atoms with E-state index in [0.717, 1.165) is 12.8 Å². The van der Waals surface area contributed by atoms with Crippen molar-refractivity contribution in [3.8, 4) is 11.8 Å². The van der Waals surface area contributed by atoms with Crippen molar-refractivity contribution in [1.29, 1.82) is 0 Å². The van der Waals surface area contributed by atoms with Crippen molar-refractivity contribution in [1.82, 2.24) is 5.32 Å². The zero-order chi connectivity index (χ0) is 15.0. The zero-order valence-electron chi connectivity index (χ0n) is 12.4. The van der Waals surface area contributed by atoms with Crippen LogP contribution in [0, 0.1) is 17.8 Å². The molecule has 0 saturated heterocycles. The number of aliphatic hydroxyl groups excluding tert-OH is 1. The van der Waals surface area contributed by atoms with E-state index >= 15 is 0 Å². The molecule has 0 radical (unpaired) electrons. The van der Waals surface area contributed by atoms with Gasteiger partial charge in [-0.3, -0.25) is 4.79 Å². The molecule has 1 aromatic heterocycles. The van der Waals surface area contributed by atoms with Gasteiger partial charge in [0.2, 0.25) is 0 Å². The SMILES string of the molecule is CC(C)CCCC(C)NC(=O)c1sccc1C#CCO. The van der Waals surface area contributed by atoms with E-state index in [1.54, 1.807) is 0 Å². The molecule has 0 aromatic carbocycles. The Labute approximate surface area is 125 Å². The summed E-state index contributed by atoms with van der Waals surface area (Å²) in [6.45, 7) is 6.26. The van der Waals surface area contributed by atoms with Gasteiger partial charge < -0.3 is 10.4 Å². The van der Waals surface area contributed by atoms with Gasteiger partial charge in [-0.2, -0.15) is 0 Å². The molecule has 20 heavy (non-hydrogen) atoms. The van der Waals surface area contributed by atoms with Gasteiger partial charge in [0.1, 0.15) is 11.5 Å². The molecular weight excluding hydrogens is 270 g/mol. The van der Waals surface area contributed by atoms with Gasteiger partial charge in [0.25, 0.3) is 5.91 Å². The second-order valence-electron chi connectivity index (χ2n) is 5.32. The highest BCUT2D eigenvalue weighted by Gasteiger charge is 2.14. The monoisotopic (exact) mass is 293 g/mol. The molecule has 3 nitrogen and oxygen atoms in total. The summed E-state index contributed by atoms with van der Waals surface area (Å²) >= 11 is 1.38. The molecule has 1 unspecified atom stereocenters. The third-order valence-corrected chi connectivity index (χ3v) is 3.88. The summed E-state index contributed by atoms with van der Waals surface area (Å²) in [6.07, 6.45) is 3.31. The van der Waals surface area contributed by atoms with E-state index in [-0.39, 0.29) is 18.6 Å². The smallest absolute Gasteiger partial charge is 0.262 e. The fourth-order valence-corrected chi connectivity index (χ4v) is 2.66. The minimum atomic E-state index is -0.192. The fraction of sp³-hybridized carbons (Fsp3) is 0.562. The molecule has 0 fully saturated rings. The topological polar surface area (TPSA) is 49.3 Å². The molecule has 0 aliphatic heterocycles. The molecule has 2 N–H and O–H groups in total. The Bertz CT molecular complexity index is 482. The van der Waals surface area contributed by atoms with Crippen molar-refractivity contribution in [2.75, 3.05) is 6.61 Å². The average Bonchev–Trinajstić information content (AvgIpc) is 2.84. The molecule has 1 atom stereocenters. The Hall–Kier alpha value is -1.31. The Morgan fingerprint density at radius 3 is 2.80 bits per heavy atom. The van der Waals surface area contributed by atoms with Gasteiger partial charge in [0.15, 0.2) is 0 Å². The van der Waals surface area contributed by atoms with Gasteiger partial charge in [-0.25, -0.2) is 0 Å². The first kappa shape index (κ1) is 16.7. The van der Waals surface area contributed by atoms with Crippen molar-refractivity contribution >= 4 is 17.2 Å². The number of rotatable bonds is 6. The number of aliphatic hydroxyl groups is 1. The highest BCUT2D eigenvalue weighted by molar-refractivity contribution is 7.12. The fourth-order valence-electron chi connectivity index (χ4n) is 1.91. The Kier molecular flexibility index (Phi) is 7.35. The third-order valence-electron chi connectivity index (χ3n) is 2.97. The summed E-state index contributed by atoms with van der Waals surface area (Å²) in [5.74, 6) is 6.02. The van der Waals surface area contributed by atoms with Crippen LogP contribution in [0.3, 0.4) is 0 Å². The highest BCUT2D eigenvalue weighted by Crippen LogP contribution is 2.16. The lowest BCUT2D eigenvalue weighted by Gasteiger charge is -2.14. The molecule has 0 aliphatic rings. The van der Waals surface area contributed by atoms with Crippen molar-refractivity contribution in [2.45, 2.75) is 46.1 Å². The maximum absolute atomic E-state index is 12.2. The zero-order valence-corrected chi connectivity index (χ0v) is 13.2. The Balaban J connectivity index is 2.52. The second-order valence-corrected chi connectivity index (χ2v) is 6.24. The number of hydrogen-bond acceptors (Lipinski definition) is 3. The number of carbonyl (C=O) groups excluding carboxylic acids is 1. The van der Waals surface area contributed by atoms with E-state index in [1.165, 1.54) is 17.8 Å². The van der Waals surface area contributed by atoms with Crippen LogP contribution in [0.25, 0.3) is 0 Å². The van der Waals surface area contributed by atoms with Crippen LogP contribution >= 0.6 is 11.3 Å². The molecule has 110 valence electrons. The predicted molar refractivity (Wildman–Crippen MR) is 83.9 cm³/mol. The van der Waals surface area contributed by atoms with Crippen molar-refractivity contribution < 1.29 is 9.90 Å². The van der Waals surface area contributed by atoms with Crippen LogP contribution in [0.1, 0.15) is 55.3 Å². The highest BCUT2D eigenvalue weighted by atomic mass is 32.1. The first-order chi connectivity index (χ1) is 9.54. The van der Waals surface area contributed by atoms with E-state index < -0.39 is 0 Å². The molecule has 1 rings (SSSR count). The normalized spacial score (nSPS) is 11.8. The third kappa shape index (κ3) is 5.77. The number of amides is 1. The molecule has 0 aliphatic carbocycles. The number of carbonyl (C=O) groups is 1. The summed E-state index contributed by atoms with van der Waals surface area (Å²) in [5.41, 5.74) is 0.691. The molecule has 1 aromatic rings. The lowest BCUT2D eigenvalue weighted by molar-refractivity contribution is 0.0941. The van der Waals surface area contributed by atoms with Gasteiger partial charge in [-0.15, -0.1) is 11.3 Å². The quantitative estimate of drug-likeness (QED) is 0.792. The van der Waals surface area contributed by atoms with Crippen LogP contribution in [0.5, 0.6) is 0 Å². The van der Waals surface area contributed by atoms with Gasteiger partial charge >= 0.3 is 0 Å². The van der Waals surface area contributed by atoms with Crippen molar-refractivity contribution in [2.24, 2.45) is 5.92 Å². The maximum Gasteiger partial charge on any atom is 0.262 e. The van der Waals surface area contributed by atoms with E-state index in [2.05, 4.69) is 31.0 Å². The van der Waals surface area contributed by atoms with Gasteiger partial charge in [0, 0.05) is 11.6 Å². The molecule has 4 heteroatoms. The van der Waals surface area contributed by atoms with Crippen LogP contribution < -0.4 is 5.32 Å². The summed E-state index contributed by atoms with van der Waals surface area (Å²) in [5, 5.41) is 13.6. The summed E-state index contributed by atoms with van der Waals surface area (Å²) in [6, 6.07) is 1.98. The minimum Gasteiger partial charge on any atom is -0.384 e. The summed E-state index contributed by atoms with van der Waals surface area (Å²) in [7, 11) is 0. The van der Waals surface area contributed by atoms with Gasteiger partial charge in [0.05, 0.1) is 0 Å². The minimum absolute atomic E-state index is 0.0701. The maximum atomic E-state index is 12.2. The molecule has 0 saturated carbocycles. The molecule has 1 heterocycles. The average molecular weight is 293 g/mol. The van der Waals surface area contributed by atoms with E-state index in [1.807, 2.05) is 18.4 Å². The number of thiophene rings is 1. The van der Waals surface area contributed by atoms with E-state index in [9.17, 15) is 4.79 Å². The lowest BCUT2D eigenvalue weighted by Crippen LogP contribution is -2.32. The van der Waals surface area contributed by atoms with Crippen LogP contribution in [-0.2, 0) is 0 Å².